The zero-order valence-electron chi connectivity index (χ0n) is 20.4. The second-order valence-corrected chi connectivity index (χ2v) is 9.99. The number of carbonyl (C=O) groups is 2. The first kappa shape index (κ1) is 27.2. The fourth-order valence-corrected chi connectivity index (χ4v) is 4.39. The predicted octanol–water partition coefficient (Wildman–Crippen LogP) is 2.84. The van der Waals surface area contributed by atoms with Crippen LogP contribution >= 0.6 is 0 Å². The van der Waals surface area contributed by atoms with Crippen LogP contribution in [0.2, 0.25) is 0 Å². The van der Waals surface area contributed by atoms with E-state index in [1.165, 1.54) is 12.0 Å². The second kappa shape index (κ2) is 13.0. The standard InChI is InChI=1S/C25H35N3O5S/c1-5-6-17-26-25(30)20(2)27(18-16-21-12-8-7-9-13-21)24(29)19-28(34(4,31)32)22-14-10-11-15-23(22)33-3/h7-15,20H,5-6,16-19H2,1-4H3,(H,26,30). The van der Waals surface area contributed by atoms with E-state index < -0.39 is 28.5 Å². The van der Waals surface area contributed by atoms with Crippen LogP contribution in [0, 0.1) is 0 Å². The number of ether oxygens (including phenoxy) is 1. The molecule has 0 radical (unpaired) electrons. The number of para-hydroxylation sites is 2. The summed E-state index contributed by atoms with van der Waals surface area (Å²) in [5.41, 5.74) is 1.28. The number of sulfonamides is 1. The fraction of sp³-hybridized carbons (Fsp3) is 0.440. The van der Waals surface area contributed by atoms with Gasteiger partial charge in [-0.15, -0.1) is 0 Å². The van der Waals surface area contributed by atoms with Crippen molar-refractivity contribution in [3.63, 3.8) is 0 Å². The van der Waals surface area contributed by atoms with Crippen LogP contribution in [-0.4, -0.2) is 64.2 Å². The van der Waals surface area contributed by atoms with Crippen LogP contribution in [0.15, 0.2) is 54.6 Å². The SMILES string of the molecule is CCCCNC(=O)C(C)N(CCc1ccccc1)C(=O)CN(c1ccccc1OC)S(C)(=O)=O. The van der Waals surface area contributed by atoms with Crippen molar-refractivity contribution in [1.82, 2.24) is 10.2 Å². The molecule has 0 saturated carbocycles. The summed E-state index contributed by atoms with van der Waals surface area (Å²) in [7, 11) is -2.36. The Morgan fingerprint density at radius 1 is 1.06 bits per heavy atom. The zero-order valence-corrected chi connectivity index (χ0v) is 21.2. The Morgan fingerprint density at radius 2 is 1.71 bits per heavy atom. The highest BCUT2D eigenvalue weighted by Gasteiger charge is 2.30. The zero-order chi connectivity index (χ0) is 25.1. The number of benzene rings is 2. The van der Waals surface area contributed by atoms with Crippen LogP contribution in [0.1, 0.15) is 32.3 Å². The molecule has 0 aliphatic heterocycles. The molecule has 2 amide bonds. The Balaban J connectivity index is 2.30. The maximum Gasteiger partial charge on any atom is 0.244 e. The molecule has 2 aromatic rings. The van der Waals surface area contributed by atoms with Crippen LogP contribution < -0.4 is 14.4 Å². The molecule has 186 valence electrons. The Labute approximate surface area is 202 Å². The summed E-state index contributed by atoms with van der Waals surface area (Å²) in [5, 5.41) is 2.87. The topological polar surface area (TPSA) is 96.0 Å². The molecule has 8 nitrogen and oxygen atoms in total. The number of hydrogen-bond donors (Lipinski definition) is 1. The molecule has 0 spiro atoms. The fourth-order valence-electron chi connectivity index (χ4n) is 3.54. The van der Waals surface area contributed by atoms with Crippen molar-refractivity contribution in [3.8, 4) is 5.75 Å². The van der Waals surface area contributed by atoms with Gasteiger partial charge in [-0.3, -0.25) is 13.9 Å². The predicted molar refractivity (Wildman–Crippen MR) is 134 cm³/mol. The van der Waals surface area contributed by atoms with Gasteiger partial charge < -0.3 is 15.0 Å². The smallest absolute Gasteiger partial charge is 0.244 e. The van der Waals surface area contributed by atoms with Crippen molar-refractivity contribution in [2.24, 2.45) is 0 Å². The van der Waals surface area contributed by atoms with Crippen molar-refractivity contribution >= 4 is 27.5 Å². The Hall–Kier alpha value is -3.07. The van der Waals surface area contributed by atoms with E-state index in [0.29, 0.717) is 18.7 Å². The van der Waals surface area contributed by atoms with Gasteiger partial charge in [0.1, 0.15) is 18.3 Å². The molecule has 0 saturated heterocycles. The van der Waals surface area contributed by atoms with Gasteiger partial charge in [-0.05, 0) is 37.5 Å². The van der Waals surface area contributed by atoms with Gasteiger partial charge in [0.2, 0.25) is 21.8 Å². The van der Waals surface area contributed by atoms with E-state index in [9.17, 15) is 18.0 Å². The molecule has 2 aromatic carbocycles. The van der Waals surface area contributed by atoms with Crippen molar-refractivity contribution in [3.05, 3.63) is 60.2 Å². The van der Waals surface area contributed by atoms with Gasteiger partial charge in [0.25, 0.3) is 0 Å². The summed E-state index contributed by atoms with van der Waals surface area (Å²) in [5.74, 6) is -0.398. The molecule has 0 fully saturated rings. The average Bonchev–Trinajstić information content (AvgIpc) is 2.82. The van der Waals surface area contributed by atoms with Crippen LogP contribution in [0.3, 0.4) is 0 Å². The lowest BCUT2D eigenvalue weighted by atomic mass is 10.1. The molecule has 9 heteroatoms. The van der Waals surface area contributed by atoms with E-state index in [1.807, 2.05) is 37.3 Å². The molecule has 1 unspecified atom stereocenters. The first-order valence-electron chi connectivity index (χ1n) is 11.4. The van der Waals surface area contributed by atoms with E-state index in [-0.39, 0.29) is 18.1 Å². The molecule has 0 heterocycles. The number of rotatable bonds is 13. The molecular formula is C25H35N3O5S. The highest BCUT2D eigenvalue weighted by molar-refractivity contribution is 7.92. The summed E-state index contributed by atoms with van der Waals surface area (Å²) in [4.78, 5) is 27.7. The molecule has 0 aromatic heterocycles. The van der Waals surface area contributed by atoms with E-state index in [2.05, 4.69) is 5.32 Å². The number of methoxy groups -OCH3 is 1. The van der Waals surface area contributed by atoms with E-state index in [0.717, 1.165) is 29.0 Å². The van der Waals surface area contributed by atoms with E-state index >= 15 is 0 Å². The minimum atomic E-state index is -3.80. The quantitative estimate of drug-likeness (QED) is 0.437. The summed E-state index contributed by atoms with van der Waals surface area (Å²) in [6.07, 6.45) is 3.36. The van der Waals surface area contributed by atoms with Gasteiger partial charge >= 0.3 is 0 Å². The minimum Gasteiger partial charge on any atom is -0.495 e. The normalized spacial score (nSPS) is 12.0. The third-order valence-electron chi connectivity index (χ3n) is 5.51. The minimum absolute atomic E-state index is 0.266. The van der Waals surface area contributed by atoms with Gasteiger partial charge in [0.15, 0.2) is 0 Å². The first-order chi connectivity index (χ1) is 16.2. The van der Waals surface area contributed by atoms with E-state index in [1.54, 1.807) is 31.2 Å². The molecule has 34 heavy (non-hydrogen) atoms. The van der Waals surface area contributed by atoms with Crippen LogP contribution in [0.4, 0.5) is 5.69 Å². The molecular weight excluding hydrogens is 454 g/mol. The van der Waals surface area contributed by atoms with Crippen LogP contribution in [-0.2, 0) is 26.0 Å². The Morgan fingerprint density at radius 3 is 2.32 bits per heavy atom. The summed E-state index contributed by atoms with van der Waals surface area (Å²) >= 11 is 0. The van der Waals surface area contributed by atoms with Crippen LogP contribution in [0.5, 0.6) is 5.75 Å². The Kier molecular flexibility index (Phi) is 10.4. The highest BCUT2D eigenvalue weighted by atomic mass is 32.2. The summed E-state index contributed by atoms with van der Waals surface area (Å²) in [6.45, 7) is 4.05. The molecule has 0 aliphatic rings. The van der Waals surface area contributed by atoms with E-state index in [4.69, 9.17) is 4.74 Å². The van der Waals surface area contributed by atoms with Gasteiger partial charge in [-0.1, -0.05) is 55.8 Å². The molecule has 1 N–H and O–H groups in total. The number of anilines is 1. The lowest BCUT2D eigenvalue weighted by molar-refractivity contribution is -0.138. The maximum absolute atomic E-state index is 13.5. The third kappa shape index (κ3) is 7.76. The number of nitrogens with zero attached hydrogens (tertiary/aromatic N) is 2. The van der Waals surface area contributed by atoms with Gasteiger partial charge in [0, 0.05) is 13.1 Å². The second-order valence-electron chi connectivity index (χ2n) is 8.08. The summed E-state index contributed by atoms with van der Waals surface area (Å²) in [6, 6.07) is 15.5. The first-order valence-corrected chi connectivity index (χ1v) is 13.3. The monoisotopic (exact) mass is 489 g/mol. The van der Waals surface area contributed by atoms with Crippen molar-refractivity contribution in [2.75, 3.05) is 37.3 Å². The lowest BCUT2D eigenvalue weighted by Crippen LogP contribution is -2.52. The van der Waals surface area contributed by atoms with Gasteiger partial charge in [-0.25, -0.2) is 8.42 Å². The van der Waals surface area contributed by atoms with Crippen LogP contribution in [0.25, 0.3) is 0 Å². The number of amides is 2. The maximum atomic E-state index is 13.5. The van der Waals surface area contributed by atoms with Crippen molar-refractivity contribution in [1.29, 1.82) is 0 Å². The summed E-state index contributed by atoms with van der Waals surface area (Å²) < 4.78 is 31.6. The average molecular weight is 490 g/mol. The number of unbranched alkanes of at least 4 members (excludes halogenated alkanes) is 1. The molecule has 1 atom stereocenters. The van der Waals surface area contributed by atoms with Gasteiger partial charge in [-0.2, -0.15) is 0 Å². The number of carbonyl (C=O) groups excluding carboxylic acids is 2. The lowest BCUT2D eigenvalue weighted by Gasteiger charge is -2.31. The van der Waals surface area contributed by atoms with Crippen molar-refractivity contribution < 1.29 is 22.7 Å². The van der Waals surface area contributed by atoms with Crippen molar-refractivity contribution in [2.45, 2.75) is 39.2 Å². The molecule has 2 rings (SSSR count). The third-order valence-corrected chi connectivity index (χ3v) is 6.64. The Bertz CT molecular complexity index is 1040. The molecule has 0 bridgehead atoms. The van der Waals surface area contributed by atoms with Gasteiger partial charge in [0.05, 0.1) is 19.1 Å². The highest BCUT2D eigenvalue weighted by Crippen LogP contribution is 2.29. The number of nitrogens with one attached hydrogen (secondary N) is 1. The number of hydrogen-bond acceptors (Lipinski definition) is 5. The molecule has 0 aliphatic carbocycles. The largest absolute Gasteiger partial charge is 0.495 e.